The lowest BCUT2D eigenvalue weighted by Crippen LogP contribution is -2.21. The van der Waals surface area contributed by atoms with Crippen molar-refractivity contribution in [2.45, 2.75) is 69.6 Å². The minimum absolute atomic E-state index is 0.454. The molecule has 2 aliphatic rings. The zero-order chi connectivity index (χ0) is 18.3. The van der Waals surface area contributed by atoms with Crippen LogP contribution in [0.25, 0.3) is 0 Å². The molecule has 2 aliphatic carbocycles. The van der Waals surface area contributed by atoms with E-state index < -0.39 is 15.2 Å². The summed E-state index contributed by atoms with van der Waals surface area (Å²) in [5.74, 6) is 1.20. The summed E-state index contributed by atoms with van der Waals surface area (Å²) in [6, 6.07) is 8.95. The molecule has 1 nitrogen and oxygen atoms in total. The Labute approximate surface area is 149 Å². The maximum Gasteiger partial charge on any atom is 0.673 e. The molecule has 1 aromatic rings. The van der Waals surface area contributed by atoms with Crippen LogP contribution >= 0.6 is 7.92 Å². The van der Waals surface area contributed by atoms with Gasteiger partial charge in [-0.05, 0) is 70.4 Å². The molecule has 25 heavy (non-hydrogen) atoms. The fourth-order valence-corrected chi connectivity index (χ4v) is 8.57. The zero-order valence-electron chi connectivity index (χ0n) is 14.8. The van der Waals surface area contributed by atoms with Crippen molar-refractivity contribution in [3.63, 3.8) is 0 Å². The van der Waals surface area contributed by atoms with Gasteiger partial charge in [0.2, 0.25) is 0 Å². The Kier molecular flexibility index (Phi) is 8.05. The molecular formula is C18H28BF4OP. The van der Waals surface area contributed by atoms with E-state index >= 15 is 0 Å². The number of ether oxygens (including phenoxy) is 1. The molecule has 142 valence electrons. The van der Waals surface area contributed by atoms with Crippen LogP contribution in [0.4, 0.5) is 17.3 Å². The third kappa shape index (κ3) is 6.81. The number of rotatable bonds is 5. The molecule has 0 amide bonds. The first-order valence-electron chi connectivity index (χ1n) is 9.36. The lowest BCUT2D eigenvalue weighted by atomic mass is 10.3. The smallest absolute Gasteiger partial charge is 0.490 e. The molecule has 0 atom stereocenters. The molecule has 0 saturated heterocycles. The Morgan fingerprint density at radius 2 is 1.36 bits per heavy atom. The van der Waals surface area contributed by atoms with Gasteiger partial charge in [0, 0.05) is 7.92 Å². The predicted octanol–water partition coefficient (Wildman–Crippen LogP) is 6.11. The summed E-state index contributed by atoms with van der Waals surface area (Å²) in [6.07, 6.45) is 11.8. The second kappa shape index (κ2) is 9.80. The van der Waals surface area contributed by atoms with Gasteiger partial charge in [-0.25, -0.2) is 0 Å². The van der Waals surface area contributed by atoms with E-state index in [1.165, 1.54) is 57.1 Å². The van der Waals surface area contributed by atoms with E-state index in [9.17, 15) is 17.3 Å². The highest BCUT2D eigenvalue weighted by atomic mass is 31.1. The van der Waals surface area contributed by atoms with E-state index in [2.05, 4.69) is 31.2 Å². The zero-order valence-corrected chi connectivity index (χ0v) is 15.8. The fraction of sp³-hybridized carbons (Fsp3) is 0.667. The van der Waals surface area contributed by atoms with Crippen molar-refractivity contribution < 1.29 is 22.0 Å². The van der Waals surface area contributed by atoms with Gasteiger partial charge in [0.1, 0.15) is 5.30 Å². The van der Waals surface area contributed by atoms with Gasteiger partial charge in [-0.15, -0.1) is 0 Å². The number of halogens is 4. The van der Waals surface area contributed by atoms with Gasteiger partial charge in [0.15, 0.2) is 5.75 Å². The van der Waals surface area contributed by atoms with Crippen molar-refractivity contribution in [3.05, 3.63) is 24.3 Å². The third-order valence-corrected chi connectivity index (χ3v) is 9.04. The van der Waals surface area contributed by atoms with E-state index in [1.54, 1.807) is 5.30 Å². The summed E-state index contributed by atoms with van der Waals surface area (Å²) in [7, 11) is -6.45. The molecule has 0 aromatic heterocycles. The number of benzene rings is 1. The van der Waals surface area contributed by atoms with Gasteiger partial charge in [-0.3, -0.25) is 0 Å². The van der Waals surface area contributed by atoms with E-state index in [0.717, 1.165) is 17.9 Å². The summed E-state index contributed by atoms with van der Waals surface area (Å²) in [4.78, 5) is 0. The maximum atomic E-state index is 9.75. The van der Waals surface area contributed by atoms with E-state index in [0.29, 0.717) is 0 Å². The van der Waals surface area contributed by atoms with Crippen LogP contribution in [0.3, 0.4) is 0 Å². The highest BCUT2D eigenvalue weighted by Crippen LogP contribution is 2.57. The summed E-state index contributed by atoms with van der Waals surface area (Å²) < 4.78 is 45.0. The molecule has 0 radical (unpaired) electrons. The minimum atomic E-state index is -6.00. The Hall–Kier alpha value is -0.765. The van der Waals surface area contributed by atoms with Gasteiger partial charge in [-0.1, -0.05) is 12.1 Å². The third-order valence-electron chi connectivity index (χ3n) is 5.09. The number of para-hydroxylation sites is 1. The Bertz CT molecular complexity index is 492. The average molecular weight is 378 g/mol. The topological polar surface area (TPSA) is 9.23 Å². The summed E-state index contributed by atoms with van der Waals surface area (Å²) >= 11 is 0. The Morgan fingerprint density at radius 3 is 1.80 bits per heavy atom. The number of hydrogen-bond acceptors (Lipinski definition) is 1. The average Bonchev–Trinajstić information content (AvgIpc) is 3.22. The Balaban J connectivity index is 0.000000399. The molecule has 0 spiro atoms. The molecule has 2 fully saturated rings. The van der Waals surface area contributed by atoms with Crippen LogP contribution < -0.4 is 10.0 Å². The molecule has 0 N–H and O–H groups in total. The van der Waals surface area contributed by atoms with Gasteiger partial charge in [0.05, 0.1) is 17.9 Å². The molecule has 2 saturated carbocycles. The maximum absolute atomic E-state index is 9.75. The van der Waals surface area contributed by atoms with Crippen molar-refractivity contribution in [3.8, 4) is 5.75 Å². The van der Waals surface area contributed by atoms with Gasteiger partial charge in [-0.2, -0.15) is 0 Å². The van der Waals surface area contributed by atoms with E-state index in [4.69, 9.17) is 4.74 Å². The van der Waals surface area contributed by atoms with Crippen LogP contribution in [0.15, 0.2) is 24.3 Å². The highest BCUT2D eigenvalue weighted by molar-refractivity contribution is 7.67. The van der Waals surface area contributed by atoms with Crippen LogP contribution in [0.5, 0.6) is 5.75 Å². The Morgan fingerprint density at radius 1 is 0.920 bits per heavy atom. The monoisotopic (exact) mass is 378 g/mol. The standard InChI is InChI=1S/C18H27OP.BF4/c1-2-19-17-13-7-8-14-18(17)20(15-9-3-4-10-15)16-11-5-6-12-16;2-1(3,4)5/h7-8,13-16H,2-6,9-12H2,1H3;/q;-1/p+1. The van der Waals surface area contributed by atoms with Crippen LogP contribution in [-0.2, 0) is 0 Å². The molecule has 1 aromatic carbocycles. The van der Waals surface area contributed by atoms with Gasteiger partial charge < -0.3 is 22.0 Å². The van der Waals surface area contributed by atoms with Crippen molar-refractivity contribution in [1.29, 1.82) is 0 Å². The molecule has 7 heteroatoms. The fourth-order valence-electron chi connectivity index (χ4n) is 4.23. The van der Waals surface area contributed by atoms with Crippen LogP contribution in [0.1, 0.15) is 58.3 Å². The summed E-state index contributed by atoms with van der Waals surface area (Å²) in [5.41, 5.74) is 2.01. The summed E-state index contributed by atoms with van der Waals surface area (Å²) in [5, 5.41) is 1.61. The largest absolute Gasteiger partial charge is 0.673 e. The number of hydrogen-bond donors (Lipinski definition) is 0. The van der Waals surface area contributed by atoms with Crippen molar-refractivity contribution >= 4 is 20.5 Å². The lowest BCUT2D eigenvalue weighted by molar-refractivity contribution is 0.343. The van der Waals surface area contributed by atoms with Gasteiger partial charge >= 0.3 is 7.25 Å². The first-order valence-corrected chi connectivity index (χ1v) is 11.0. The van der Waals surface area contributed by atoms with E-state index in [1.807, 2.05) is 0 Å². The van der Waals surface area contributed by atoms with Crippen LogP contribution in [0, 0.1) is 0 Å². The quantitative estimate of drug-likeness (QED) is 0.341. The van der Waals surface area contributed by atoms with Gasteiger partial charge in [0.25, 0.3) is 0 Å². The second-order valence-corrected chi connectivity index (χ2v) is 9.92. The van der Waals surface area contributed by atoms with E-state index in [-0.39, 0.29) is 0 Å². The molecule has 3 rings (SSSR count). The van der Waals surface area contributed by atoms with Crippen LogP contribution in [-0.4, -0.2) is 25.2 Å². The minimum Gasteiger partial charge on any atom is -0.490 e. The second-order valence-electron chi connectivity index (χ2n) is 6.84. The normalized spacial score (nSPS) is 19.1. The predicted molar refractivity (Wildman–Crippen MR) is 100 cm³/mol. The molecule has 0 unspecified atom stereocenters. The summed E-state index contributed by atoms with van der Waals surface area (Å²) in [6.45, 7) is 2.90. The first kappa shape index (κ1) is 20.5. The van der Waals surface area contributed by atoms with Crippen LogP contribution in [0.2, 0.25) is 0 Å². The SMILES string of the molecule is CCOc1ccccc1[PH+](C1CCCC1)C1CCCC1.F[B-](F)(F)F. The first-order chi connectivity index (χ1) is 11.9. The van der Waals surface area contributed by atoms with Crippen molar-refractivity contribution in [2.24, 2.45) is 0 Å². The van der Waals surface area contributed by atoms with Crippen molar-refractivity contribution in [2.75, 3.05) is 6.61 Å². The molecule has 0 bridgehead atoms. The van der Waals surface area contributed by atoms with Crippen molar-refractivity contribution in [1.82, 2.24) is 0 Å². The molecule has 0 heterocycles. The lowest BCUT2D eigenvalue weighted by Gasteiger charge is -2.24. The molecule has 0 aliphatic heterocycles. The molecular weight excluding hydrogens is 350 g/mol. The highest BCUT2D eigenvalue weighted by Gasteiger charge is 2.42.